The Balaban J connectivity index is 1.38. The molecule has 0 fully saturated rings. The number of halogens is 1. The Hall–Kier alpha value is -3.99. The van der Waals surface area contributed by atoms with Crippen LogP contribution in [0.5, 0.6) is 11.5 Å². The maximum absolute atomic E-state index is 10.9. The molecule has 0 saturated carbocycles. The van der Waals surface area contributed by atoms with Crippen LogP contribution in [0.25, 0.3) is 33.4 Å². The van der Waals surface area contributed by atoms with E-state index in [9.17, 15) is 10.1 Å². The van der Waals surface area contributed by atoms with E-state index in [1.807, 2.05) is 48.5 Å². The fourth-order valence-electron chi connectivity index (χ4n) is 5.24. The van der Waals surface area contributed by atoms with E-state index in [-0.39, 0.29) is 12.5 Å². The molecule has 1 aliphatic heterocycles. The van der Waals surface area contributed by atoms with Gasteiger partial charge in [-0.25, -0.2) is 0 Å². The minimum atomic E-state index is -0.839. The summed E-state index contributed by atoms with van der Waals surface area (Å²) in [5.74, 6) is 1.14. The van der Waals surface area contributed by atoms with Crippen molar-refractivity contribution in [1.29, 1.82) is 5.26 Å². The number of hydrogen-bond acceptors (Lipinski definition) is 6. The number of benzene rings is 3. The molecule has 1 unspecified atom stereocenters. The summed E-state index contributed by atoms with van der Waals surface area (Å²) in [6.45, 7) is 1.41. The maximum Gasteiger partial charge on any atom is 0.304 e. The fourth-order valence-corrected chi connectivity index (χ4v) is 5.57. The molecule has 4 aromatic rings. The number of aliphatic carboxylic acids is 1. The van der Waals surface area contributed by atoms with Crippen molar-refractivity contribution in [2.24, 2.45) is 0 Å². The van der Waals surface area contributed by atoms with Crippen LogP contribution < -0.4 is 14.8 Å². The van der Waals surface area contributed by atoms with E-state index in [2.05, 4.69) is 11.4 Å². The third-order valence-corrected chi connectivity index (χ3v) is 7.37. The topological polar surface area (TPSA) is 105 Å². The lowest BCUT2D eigenvalue weighted by molar-refractivity contribution is -0.136. The van der Waals surface area contributed by atoms with Gasteiger partial charge in [-0.3, -0.25) is 4.79 Å². The molecule has 1 aliphatic carbocycles. The summed E-state index contributed by atoms with van der Waals surface area (Å²) in [4.78, 5) is 10.9. The van der Waals surface area contributed by atoms with Gasteiger partial charge < -0.3 is 24.3 Å². The normalized spacial score (nSPS) is 15.9. The van der Waals surface area contributed by atoms with Gasteiger partial charge in [0.15, 0.2) is 17.1 Å². The Kier molecular flexibility index (Phi) is 5.99. The Bertz CT molecular complexity index is 1590. The number of hydrogen-bond donors (Lipinski definition) is 2. The Morgan fingerprint density at radius 3 is 2.73 bits per heavy atom. The number of carbonyl (C=O) groups is 1. The Morgan fingerprint density at radius 2 is 1.92 bits per heavy atom. The number of furan rings is 1. The number of ether oxygens (including phenoxy) is 2. The maximum atomic E-state index is 10.9. The van der Waals surface area contributed by atoms with E-state index in [1.165, 1.54) is 0 Å². The fraction of sp³-hybridized carbons (Fsp3) is 0.241. The number of rotatable bonds is 6. The summed E-state index contributed by atoms with van der Waals surface area (Å²) >= 11 is 6.91. The highest BCUT2D eigenvalue weighted by Gasteiger charge is 2.28. The third kappa shape index (κ3) is 4.18. The van der Waals surface area contributed by atoms with Crippen LogP contribution in [0.2, 0.25) is 5.02 Å². The number of nitriles is 1. The van der Waals surface area contributed by atoms with Crippen LogP contribution in [0, 0.1) is 11.3 Å². The summed E-state index contributed by atoms with van der Waals surface area (Å²) in [6.07, 6.45) is 1.59. The summed E-state index contributed by atoms with van der Waals surface area (Å²) in [6, 6.07) is 17.8. The highest BCUT2D eigenvalue weighted by molar-refractivity contribution is 6.36. The lowest BCUT2D eigenvalue weighted by atomic mass is 9.99. The number of carboxylic acid groups (broad SMARTS) is 1. The van der Waals surface area contributed by atoms with Crippen molar-refractivity contribution in [3.63, 3.8) is 0 Å². The van der Waals surface area contributed by atoms with E-state index in [0.29, 0.717) is 53.2 Å². The predicted molar refractivity (Wildman–Crippen MR) is 139 cm³/mol. The highest BCUT2D eigenvalue weighted by Crippen LogP contribution is 2.44. The van der Waals surface area contributed by atoms with Crippen molar-refractivity contribution in [2.75, 3.05) is 19.8 Å². The smallest absolute Gasteiger partial charge is 0.304 e. The molecular weight excluding hydrogens is 492 g/mol. The summed E-state index contributed by atoms with van der Waals surface area (Å²) < 4.78 is 17.6. The minimum Gasteiger partial charge on any atom is -0.486 e. The molecule has 7 nitrogen and oxygen atoms in total. The van der Waals surface area contributed by atoms with E-state index >= 15 is 0 Å². The van der Waals surface area contributed by atoms with Crippen LogP contribution in [-0.4, -0.2) is 30.8 Å². The van der Waals surface area contributed by atoms with E-state index in [4.69, 9.17) is 30.6 Å². The van der Waals surface area contributed by atoms with Crippen molar-refractivity contribution < 1.29 is 23.8 Å². The first-order chi connectivity index (χ1) is 18.0. The molecule has 1 atom stereocenters. The molecule has 2 aliphatic rings. The predicted octanol–water partition coefficient (Wildman–Crippen LogP) is 6.11. The van der Waals surface area contributed by atoms with Gasteiger partial charge in [-0.1, -0.05) is 29.8 Å². The first-order valence-corrected chi connectivity index (χ1v) is 12.5. The van der Waals surface area contributed by atoms with Crippen LogP contribution in [-0.2, 0) is 11.2 Å². The van der Waals surface area contributed by atoms with Gasteiger partial charge in [0.1, 0.15) is 25.0 Å². The monoisotopic (exact) mass is 514 g/mol. The summed E-state index contributed by atoms with van der Waals surface area (Å²) in [5.41, 5.74) is 5.52. The van der Waals surface area contributed by atoms with Crippen LogP contribution in [0.1, 0.15) is 35.6 Å². The molecule has 0 spiro atoms. The molecule has 3 aromatic carbocycles. The van der Waals surface area contributed by atoms with Crippen molar-refractivity contribution >= 4 is 28.5 Å². The van der Waals surface area contributed by atoms with Crippen molar-refractivity contribution in [3.05, 3.63) is 70.2 Å². The van der Waals surface area contributed by atoms with Crippen LogP contribution in [0.4, 0.5) is 0 Å². The quantitative estimate of drug-likeness (QED) is 0.319. The molecule has 37 heavy (non-hydrogen) atoms. The number of carboxylic acids is 1. The summed E-state index contributed by atoms with van der Waals surface area (Å²) in [7, 11) is 0. The van der Waals surface area contributed by atoms with Gasteiger partial charge in [0.05, 0.1) is 17.0 Å². The summed E-state index contributed by atoms with van der Waals surface area (Å²) in [5, 5.41) is 23.6. The molecular formula is C29H23ClN2O5. The number of fused-ring (bicyclic) bond motifs is 3. The standard InChI is InChI=1S/C29H23ClN2O5/c30-28-18(16-4-7-24-26(13-16)36-11-10-35-24)2-1-3-20(28)25-14-17-12-21-19(22(15-31)29(17)37-25)5-6-23(21)32-9-8-27(33)34/h1-4,7,12-14,23,32H,5-6,8-11H2,(H,33,34). The van der Waals surface area contributed by atoms with Crippen LogP contribution >= 0.6 is 11.6 Å². The molecule has 2 N–H and O–H groups in total. The van der Waals surface area contributed by atoms with Gasteiger partial charge in [0.25, 0.3) is 0 Å². The molecule has 8 heteroatoms. The van der Waals surface area contributed by atoms with Gasteiger partial charge in [-0.05, 0) is 59.9 Å². The molecule has 0 radical (unpaired) electrons. The van der Waals surface area contributed by atoms with Crippen molar-refractivity contribution in [3.8, 4) is 40.0 Å². The number of nitrogens with one attached hydrogen (secondary N) is 1. The Labute approximate surface area is 218 Å². The second-order valence-electron chi connectivity index (χ2n) is 9.17. The van der Waals surface area contributed by atoms with E-state index < -0.39 is 5.97 Å². The van der Waals surface area contributed by atoms with Gasteiger partial charge in [-0.15, -0.1) is 0 Å². The molecule has 2 heterocycles. The first kappa shape index (κ1) is 23.4. The Morgan fingerprint density at radius 1 is 1.11 bits per heavy atom. The zero-order chi connectivity index (χ0) is 25.5. The zero-order valence-electron chi connectivity index (χ0n) is 19.8. The van der Waals surface area contributed by atoms with E-state index in [0.717, 1.165) is 46.0 Å². The van der Waals surface area contributed by atoms with Crippen LogP contribution in [0.3, 0.4) is 0 Å². The van der Waals surface area contributed by atoms with E-state index in [1.54, 1.807) is 0 Å². The van der Waals surface area contributed by atoms with Crippen molar-refractivity contribution in [2.45, 2.75) is 25.3 Å². The molecule has 0 amide bonds. The average Bonchev–Trinajstić information content (AvgIpc) is 3.51. The van der Waals surface area contributed by atoms with Gasteiger partial charge >= 0.3 is 5.97 Å². The largest absolute Gasteiger partial charge is 0.486 e. The van der Waals surface area contributed by atoms with Crippen LogP contribution in [0.15, 0.2) is 52.9 Å². The average molecular weight is 515 g/mol. The van der Waals surface area contributed by atoms with Gasteiger partial charge in [0, 0.05) is 29.1 Å². The van der Waals surface area contributed by atoms with Gasteiger partial charge in [0.2, 0.25) is 0 Å². The second kappa shape index (κ2) is 9.47. The molecule has 1 aromatic heterocycles. The lowest BCUT2D eigenvalue weighted by Gasteiger charge is -2.19. The zero-order valence-corrected chi connectivity index (χ0v) is 20.6. The molecule has 186 valence electrons. The van der Waals surface area contributed by atoms with Crippen molar-refractivity contribution in [1.82, 2.24) is 5.32 Å². The molecule has 0 bridgehead atoms. The molecule has 0 saturated heterocycles. The first-order valence-electron chi connectivity index (χ1n) is 12.2. The third-order valence-electron chi connectivity index (χ3n) is 6.97. The van der Waals surface area contributed by atoms with Gasteiger partial charge in [-0.2, -0.15) is 5.26 Å². The minimum absolute atomic E-state index is 0.00585. The second-order valence-corrected chi connectivity index (χ2v) is 9.55. The number of nitrogens with zero attached hydrogens (tertiary/aromatic N) is 1. The lowest BCUT2D eigenvalue weighted by Crippen LogP contribution is -2.22. The molecule has 6 rings (SSSR count). The highest BCUT2D eigenvalue weighted by atomic mass is 35.5. The SMILES string of the molecule is N#Cc1c2c(cc3cc(-c4cccc(-c5ccc6c(c5)OCCO6)c4Cl)oc13)C(NCCC(=O)O)CC2.